The molecule has 0 bridgehead atoms. The molecule has 0 aliphatic heterocycles. The van der Waals surface area contributed by atoms with Crippen molar-refractivity contribution >= 4 is 12.2 Å². The molecule has 0 aliphatic carbocycles. The van der Waals surface area contributed by atoms with Crippen LogP contribution in [-0.4, -0.2) is 6.61 Å². The van der Waals surface area contributed by atoms with Crippen molar-refractivity contribution in [3.05, 3.63) is 125 Å². The molecule has 0 heterocycles. The van der Waals surface area contributed by atoms with Crippen molar-refractivity contribution < 1.29 is 9.13 Å². The van der Waals surface area contributed by atoms with Crippen molar-refractivity contribution in [1.82, 2.24) is 0 Å². The molecule has 2 heteroatoms. The summed E-state index contributed by atoms with van der Waals surface area (Å²) in [6.45, 7) is 4.68. The molecule has 0 saturated heterocycles. The molecule has 166 valence electrons. The summed E-state index contributed by atoms with van der Waals surface area (Å²) in [5, 5.41) is 0. The highest BCUT2D eigenvalue weighted by Crippen LogP contribution is 2.25. The Hall–Kier alpha value is -3.65. The van der Waals surface area contributed by atoms with Gasteiger partial charge in [-0.2, -0.15) is 0 Å². The Morgan fingerprint density at radius 3 is 2.09 bits per heavy atom. The van der Waals surface area contributed by atoms with Gasteiger partial charge >= 0.3 is 0 Å². The van der Waals surface area contributed by atoms with E-state index < -0.39 is 0 Å². The fraction of sp³-hybridized carbons (Fsp3) is 0.161. The van der Waals surface area contributed by atoms with Crippen LogP contribution in [0.25, 0.3) is 23.3 Å². The molecule has 0 spiro atoms. The van der Waals surface area contributed by atoms with E-state index in [0.29, 0.717) is 23.8 Å². The van der Waals surface area contributed by atoms with Gasteiger partial charge in [0, 0.05) is 11.6 Å². The lowest BCUT2D eigenvalue weighted by atomic mass is 9.93. The molecular weight excluding hydrogens is 407 g/mol. The first kappa shape index (κ1) is 22.5. The molecule has 0 unspecified atom stereocenters. The van der Waals surface area contributed by atoms with Gasteiger partial charge in [-0.25, -0.2) is 4.39 Å². The van der Waals surface area contributed by atoms with Crippen LogP contribution in [0.3, 0.4) is 0 Å². The van der Waals surface area contributed by atoms with Crippen LogP contribution in [0.5, 0.6) is 5.75 Å². The molecule has 0 aliphatic rings. The first-order chi connectivity index (χ1) is 16.1. The second kappa shape index (κ2) is 10.8. The fourth-order valence-corrected chi connectivity index (χ4v) is 3.96. The Morgan fingerprint density at radius 1 is 0.788 bits per heavy atom. The van der Waals surface area contributed by atoms with Crippen LogP contribution in [0.4, 0.5) is 4.39 Å². The average molecular weight is 437 g/mol. The van der Waals surface area contributed by atoms with Crippen molar-refractivity contribution in [2.75, 3.05) is 6.61 Å². The van der Waals surface area contributed by atoms with Crippen LogP contribution in [0, 0.1) is 5.82 Å². The summed E-state index contributed by atoms with van der Waals surface area (Å²) < 4.78 is 19.6. The van der Waals surface area contributed by atoms with Gasteiger partial charge in [0.05, 0.1) is 6.61 Å². The van der Waals surface area contributed by atoms with E-state index in [0.717, 1.165) is 12.0 Å². The van der Waals surface area contributed by atoms with Crippen LogP contribution in [0.1, 0.15) is 42.0 Å². The topological polar surface area (TPSA) is 9.23 Å². The normalized spacial score (nSPS) is 12.1. The molecule has 0 fully saturated rings. The van der Waals surface area contributed by atoms with Gasteiger partial charge in [0.15, 0.2) is 0 Å². The number of hydrogen-bond donors (Lipinski definition) is 0. The van der Waals surface area contributed by atoms with Gasteiger partial charge in [-0.05, 0) is 59.2 Å². The SMILES string of the molecule is CCOc1ccc(C=Cc2ccc(-c3ccc(C[C@H](C)c4ccccc4)cc3)cc2)c(F)c1. The standard InChI is InChI=1S/C31H29FO/c1-3-33-30-20-19-29(31(32)22-30)18-11-24-9-14-27(15-10-24)28-16-12-25(13-17-28)21-23(2)26-7-5-4-6-8-26/h4-20,22-23H,3,21H2,1-2H3/t23-/m0/s1. The molecule has 0 amide bonds. The van der Waals surface area contributed by atoms with E-state index in [-0.39, 0.29) is 5.82 Å². The minimum atomic E-state index is -0.282. The largest absolute Gasteiger partial charge is 0.494 e. The lowest BCUT2D eigenvalue weighted by Crippen LogP contribution is -1.98. The number of halogens is 1. The molecule has 4 rings (SSSR count). The van der Waals surface area contributed by atoms with Crippen LogP contribution >= 0.6 is 0 Å². The molecule has 33 heavy (non-hydrogen) atoms. The lowest BCUT2D eigenvalue weighted by molar-refractivity contribution is 0.338. The first-order valence-corrected chi connectivity index (χ1v) is 11.5. The minimum absolute atomic E-state index is 0.282. The molecule has 1 atom stereocenters. The molecule has 0 radical (unpaired) electrons. The highest BCUT2D eigenvalue weighted by Gasteiger charge is 2.07. The van der Waals surface area contributed by atoms with Gasteiger partial charge in [-0.3, -0.25) is 0 Å². The molecule has 0 N–H and O–H groups in total. The van der Waals surface area contributed by atoms with Gasteiger partial charge < -0.3 is 4.74 Å². The zero-order valence-electron chi connectivity index (χ0n) is 19.2. The molecule has 1 nitrogen and oxygen atoms in total. The van der Waals surface area contributed by atoms with Gasteiger partial charge in [0.25, 0.3) is 0 Å². The molecule has 4 aromatic rings. The van der Waals surface area contributed by atoms with Crippen molar-refractivity contribution in [3.8, 4) is 16.9 Å². The van der Waals surface area contributed by atoms with E-state index in [1.54, 1.807) is 18.2 Å². The highest BCUT2D eigenvalue weighted by atomic mass is 19.1. The zero-order chi connectivity index (χ0) is 23.0. The highest BCUT2D eigenvalue weighted by molar-refractivity contribution is 5.72. The first-order valence-electron chi connectivity index (χ1n) is 11.5. The third kappa shape index (κ3) is 5.98. The van der Waals surface area contributed by atoms with Crippen molar-refractivity contribution in [1.29, 1.82) is 0 Å². The maximum atomic E-state index is 14.2. The zero-order valence-corrected chi connectivity index (χ0v) is 19.2. The second-order valence-electron chi connectivity index (χ2n) is 8.28. The number of benzene rings is 4. The third-order valence-corrected chi connectivity index (χ3v) is 5.85. The summed E-state index contributed by atoms with van der Waals surface area (Å²) in [6.07, 6.45) is 4.75. The van der Waals surface area contributed by atoms with Crippen LogP contribution in [-0.2, 0) is 6.42 Å². The number of rotatable bonds is 8. The van der Waals surface area contributed by atoms with Crippen molar-refractivity contribution in [2.24, 2.45) is 0 Å². The summed E-state index contributed by atoms with van der Waals surface area (Å²) in [7, 11) is 0. The monoisotopic (exact) mass is 436 g/mol. The smallest absolute Gasteiger partial charge is 0.134 e. The van der Waals surface area contributed by atoms with Gasteiger partial charge in [-0.1, -0.05) is 97.9 Å². The van der Waals surface area contributed by atoms with Gasteiger partial charge in [0.1, 0.15) is 11.6 Å². The van der Waals surface area contributed by atoms with Gasteiger partial charge in [0.2, 0.25) is 0 Å². The molecule has 0 saturated carbocycles. The molecular formula is C31H29FO. The Balaban J connectivity index is 1.40. The Morgan fingerprint density at radius 2 is 1.45 bits per heavy atom. The second-order valence-corrected chi connectivity index (χ2v) is 8.28. The predicted octanol–water partition coefficient (Wildman–Crippen LogP) is 8.41. The van der Waals surface area contributed by atoms with E-state index in [1.807, 2.05) is 13.0 Å². The maximum Gasteiger partial charge on any atom is 0.134 e. The third-order valence-electron chi connectivity index (χ3n) is 5.85. The van der Waals surface area contributed by atoms with Crippen molar-refractivity contribution in [3.63, 3.8) is 0 Å². The average Bonchev–Trinajstić information content (AvgIpc) is 2.85. The van der Waals surface area contributed by atoms with Crippen LogP contribution < -0.4 is 4.74 Å². The Labute approximate surface area is 196 Å². The summed E-state index contributed by atoms with van der Waals surface area (Å²) in [5.74, 6) is 0.760. The van der Waals surface area contributed by atoms with Gasteiger partial charge in [-0.15, -0.1) is 0 Å². The molecule has 4 aromatic carbocycles. The predicted molar refractivity (Wildman–Crippen MR) is 137 cm³/mol. The summed E-state index contributed by atoms with van der Waals surface area (Å²) in [6, 6.07) is 32.8. The summed E-state index contributed by atoms with van der Waals surface area (Å²) in [4.78, 5) is 0. The fourth-order valence-electron chi connectivity index (χ4n) is 3.96. The number of ether oxygens (including phenoxy) is 1. The number of hydrogen-bond acceptors (Lipinski definition) is 1. The van der Waals surface area contributed by atoms with E-state index in [9.17, 15) is 4.39 Å². The lowest BCUT2D eigenvalue weighted by Gasteiger charge is -2.12. The van der Waals surface area contributed by atoms with Crippen LogP contribution in [0.15, 0.2) is 97.1 Å². The minimum Gasteiger partial charge on any atom is -0.494 e. The maximum absolute atomic E-state index is 14.2. The van der Waals surface area contributed by atoms with E-state index in [1.165, 1.54) is 28.3 Å². The van der Waals surface area contributed by atoms with Crippen LogP contribution in [0.2, 0.25) is 0 Å². The quantitative estimate of drug-likeness (QED) is 0.252. The van der Waals surface area contributed by atoms with E-state index in [2.05, 4.69) is 85.8 Å². The van der Waals surface area contributed by atoms with E-state index >= 15 is 0 Å². The van der Waals surface area contributed by atoms with Crippen molar-refractivity contribution in [2.45, 2.75) is 26.2 Å². The summed E-state index contributed by atoms with van der Waals surface area (Å²) in [5.41, 5.74) is 6.65. The summed E-state index contributed by atoms with van der Waals surface area (Å²) >= 11 is 0. The van der Waals surface area contributed by atoms with E-state index in [4.69, 9.17) is 4.74 Å². The Kier molecular flexibility index (Phi) is 7.36. The molecule has 0 aromatic heterocycles. The Bertz CT molecular complexity index is 1190.